The molecule has 4 rings (SSSR count). The predicted molar refractivity (Wildman–Crippen MR) is 86.7 cm³/mol. The Morgan fingerprint density at radius 3 is 2.96 bits per heavy atom. The highest BCUT2D eigenvalue weighted by Gasteiger charge is 2.28. The van der Waals surface area contributed by atoms with Crippen molar-refractivity contribution < 1.29 is 9.32 Å². The number of para-hydroxylation sites is 1. The molecule has 1 saturated heterocycles. The molecule has 2 aromatic heterocycles. The Morgan fingerprint density at radius 1 is 1.25 bits per heavy atom. The molecule has 1 unspecified atom stereocenters. The molecule has 24 heavy (non-hydrogen) atoms. The van der Waals surface area contributed by atoms with Gasteiger partial charge in [0, 0.05) is 19.2 Å². The number of likely N-dealkylation sites (tertiary alicyclic amines) is 1. The standard InChI is InChI=1S/C17H16N4O3/c22-16-13-5-1-2-6-14(13)18-11-21(16)12-4-3-9-20(10-12)17(23)15-7-8-19-24-15/h1-2,5-8,11-12H,3-4,9-10H2. The Balaban J connectivity index is 1.64. The number of carbonyl (C=O) groups is 1. The highest BCUT2D eigenvalue weighted by Crippen LogP contribution is 2.22. The number of fused-ring (bicyclic) bond motifs is 1. The molecule has 0 N–H and O–H groups in total. The molecular weight excluding hydrogens is 308 g/mol. The van der Waals surface area contributed by atoms with Crippen LogP contribution < -0.4 is 5.56 Å². The van der Waals surface area contributed by atoms with E-state index >= 15 is 0 Å². The maximum absolute atomic E-state index is 12.7. The van der Waals surface area contributed by atoms with Gasteiger partial charge in [-0.05, 0) is 25.0 Å². The van der Waals surface area contributed by atoms with E-state index in [-0.39, 0.29) is 23.3 Å². The fourth-order valence-corrected chi connectivity index (χ4v) is 3.19. The first-order valence-corrected chi connectivity index (χ1v) is 7.90. The van der Waals surface area contributed by atoms with Crippen molar-refractivity contribution in [3.8, 4) is 0 Å². The molecule has 0 bridgehead atoms. The maximum Gasteiger partial charge on any atom is 0.292 e. The Labute approximate surface area is 137 Å². The van der Waals surface area contributed by atoms with Crippen LogP contribution in [0.2, 0.25) is 0 Å². The summed E-state index contributed by atoms with van der Waals surface area (Å²) in [6.45, 7) is 1.10. The largest absolute Gasteiger partial charge is 0.351 e. The van der Waals surface area contributed by atoms with Crippen LogP contribution in [0.5, 0.6) is 0 Å². The first-order valence-electron chi connectivity index (χ1n) is 7.90. The van der Waals surface area contributed by atoms with Gasteiger partial charge in [0.05, 0.1) is 29.5 Å². The van der Waals surface area contributed by atoms with Crippen molar-refractivity contribution in [1.29, 1.82) is 0 Å². The Morgan fingerprint density at radius 2 is 2.12 bits per heavy atom. The lowest BCUT2D eigenvalue weighted by Gasteiger charge is -2.33. The zero-order valence-electron chi connectivity index (χ0n) is 13.0. The van der Waals surface area contributed by atoms with Crippen molar-refractivity contribution in [3.63, 3.8) is 0 Å². The molecule has 1 aromatic carbocycles. The molecule has 3 heterocycles. The van der Waals surface area contributed by atoms with Gasteiger partial charge in [-0.1, -0.05) is 17.3 Å². The molecule has 0 radical (unpaired) electrons. The van der Waals surface area contributed by atoms with Crippen molar-refractivity contribution in [2.24, 2.45) is 0 Å². The number of nitrogens with zero attached hydrogens (tertiary/aromatic N) is 4. The van der Waals surface area contributed by atoms with Crippen LogP contribution in [0, 0.1) is 0 Å². The molecule has 7 heteroatoms. The zero-order valence-corrected chi connectivity index (χ0v) is 13.0. The minimum absolute atomic E-state index is 0.0698. The zero-order chi connectivity index (χ0) is 16.5. The summed E-state index contributed by atoms with van der Waals surface area (Å²) in [5.74, 6) is 0.0265. The minimum Gasteiger partial charge on any atom is -0.351 e. The molecule has 1 atom stereocenters. The van der Waals surface area contributed by atoms with Crippen LogP contribution in [0.15, 0.2) is 52.2 Å². The molecule has 0 saturated carbocycles. The third-order valence-corrected chi connectivity index (χ3v) is 4.42. The second kappa shape index (κ2) is 5.92. The lowest BCUT2D eigenvalue weighted by atomic mass is 10.0. The van der Waals surface area contributed by atoms with E-state index in [1.165, 1.54) is 6.20 Å². The highest BCUT2D eigenvalue weighted by molar-refractivity contribution is 5.91. The van der Waals surface area contributed by atoms with Crippen LogP contribution in [0.4, 0.5) is 0 Å². The second-order valence-corrected chi connectivity index (χ2v) is 5.90. The molecule has 7 nitrogen and oxygen atoms in total. The van der Waals surface area contributed by atoms with Crippen LogP contribution in [0.25, 0.3) is 10.9 Å². The van der Waals surface area contributed by atoms with E-state index in [2.05, 4.69) is 10.1 Å². The van der Waals surface area contributed by atoms with E-state index in [9.17, 15) is 9.59 Å². The fourth-order valence-electron chi connectivity index (χ4n) is 3.19. The topological polar surface area (TPSA) is 81.2 Å². The Bertz CT molecular complexity index is 932. The van der Waals surface area contributed by atoms with Crippen molar-refractivity contribution in [2.45, 2.75) is 18.9 Å². The van der Waals surface area contributed by atoms with Crippen molar-refractivity contribution in [1.82, 2.24) is 19.6 Å². The fraction of sp³-hybridized carbons (Fsp3) is 0.294. The summed E-state index contributed by atoms with van der Waals surface area (Å²) in [6, 6.07) is 8.75. The maximum atomic E-state index is 12.7. The van der Waals surface area contributed by atoms with Crippen LogP contribution in [0.1, 0.15) is 29.4 Å². The number of piperidine rings is 1. The SMILES string of the molecule is O=C(c1ccno1)N1CCCC(n2cnc3ccccc3c2=O)C1. The summed E-state index contributed by atoms with van der Waals surface area (Å²) in [7, 11) is 0. The summed E-state index contributed by atoms with van der Waals surface area (Å²) in [4.78, 5) is 31.2. The van der Waals surface area contributed by atoms with Gasteiger partial charge in [-0.2, -0.15) is 0 Å². The first-order chi connectivity index (χ1) is 11.7. The van der Waals surface area contributed by atoms with Gasteiger partial charge in [-0.3, -0.25) is 14.2 Å². The number of hydrogen-bond acceptors (Lipinski definition) is 5. The molecule has 1 fully saturated rings. The summed E-state index contributed by atoms with van der Waals surface area (Å²) in [5, 5.41) is 4.17. The molecule has 1 aliphatic rings. The van der Waals surface area contributed by atoms with E-state index in [0.29, 0.717) is 24.0 Å². The van der Waals surface area contributed by atoms with Crippen LogP contribution in [0.3, 0.4) is 0 Å². The van der Waals surface area contributed by atoms with Gasteiger partial charge in [-0.15, -0.1) is 0 Å². The smallest absolute Gasteiger partial charge is 0.292 e. The quantitative estimate of drug-likeness (QED) is 0.719. The molecule has 1 amide bonds. The number of amides is 1. The third-order valence-electron chi connectivity index (χ3n) is 4.42. The normalized spacial score (nSPS) is 18.0. The van der Waals surface area contributed by atoms with Gasteiger partial charge in [-0.25, -0.2) is 4.98 Å². The molecule has 0 aliphatic carbocycles. The van der Waals surface area contributed by atoms with Gasteiger partial charge < -0.3 is 9.42 Å². The number of carbonyl (C=O) groups excluding carboxylic acids is 1. The molecule has 1 aliphatic heterocycles. The molecule has 0 spiro atoms. The van der Waals surface area contributed by atoms with Crippen molar-refractivity contribution in [2.75, 3.05) is 13.1 Å². The molecule has 122 valence electrons. The van der Waals surface area contributed by atoms with E-state index < -0.39 is 0 Å². The van der Waals surface area contributed by atoms with Crippen LogP contribution in [-0.2, 0) is 0 Å². The molecular formula is C17H16N4O3. The van der Waals surface area contributed by atoms with Gasteiger partial charge in [0.25, 0.3) is 11.5 Å². The van der Waals surface area contributed by atoms with Crippen molar-refractivity contribution >= 4 is 16.8 Å². The number of hydrogen-bond donors (Lipinski definition) is 0. The van der Waals surface area contributed by atoms with Crippen molar-refractivity contribution in [3.05, 3.63) is 59.0 Å². The predicted octanol–water partition coefficient (Wildman–Crippen LogP) is 1.86. The number of benzene rings is 1. The van der Waals surface area contributed by atoms with E-state index in [1.54, 1.807) is 27.9 Å². The lowest BCUT2D eigenvalue weighted by Crippen LogP contribution is -2.42. The third kappa shape index (κ3) is 2.47. The summed E-state index contributed by atoms with van der Waals surface area (Å²) in [5.41, 5.74) is 0.615. The van der Waals surface area contributed by atoms with E-state index in [0.717, 1.165) is 12.8 Å². The molecule has 3 aromatic rings. The number of rotatable bonds is 2. The van der Waals surface area contributed by atoms with E-state index in [1.807, 2.05) is 18.2 Å². The van der Waals surface area contributed by atoms with Gasteiger partial charge in [0.1, 0.15) is 0 Å². The van der Waals surface area contributed by atoms with Crippen LogP contribution in [-0.4, -0.2) is 38.6 Å². The average molecular weight is 324 g/mol. The average Bonchev–Trinajstić information content (AvgIpc) is 3.16. The first kappa shape index (κ1) is 14.6. The minimum atomic E-state index is -0.195. The summed E-state index contributed by atoms with van der Waals surface area (Å²) < 4.78 is 6.59. The second-order valence-electron chi connectivity index (χ2n) is 5.90. The Hall–Kier alpha value is -2.96. The lowest BCUT2D eigenvalue weighted by molar-refractivity contribution is 0.0635. The summed E-state index contributed by atoms with van der Waals surface area (Å²) in [6.07, 6.45) is 4.69. The van der Waals surface area contributed by atoms with E-state index in [4.69, 9.17) is 4.52 Å². The highest BCUT2D eigenvalue weighted by atomic mass is 16.5. The van der Waals surface area contributed by atoms with Gasteiger partial charge >= 0.3 is 0 Å². The summed E-state index contributed by atoms with van der Waals surface area (Å²) >= 11 is 0. The van der Waals surface area contributed by atoms with Gasteiger partial charge in [0.2, 0.25) is 5.76 Å². The van der Waals surface area contributed by atoms with Crippen LogP contribution >= 0.6 is 0 Å². The van der Waals surface area contributed by atoms with Gasteiger partial charge in [0.15, 0.2) is 0 Å². The Kier molecular flexibility index (Phi) is 3.60. The number of aromatic nitrogens is 3. The monoisotopic (exact) mass is 324 g/mol.